The molecule has 1 nitrogen and oxygen atoms in total. The number of hydrogen-bond donors (Lipinski definition) is 0. The van der Waals surface area contributed by atoms with Crippen LogP contribution < -0.4 is 5.11 Å². The molecule has 0 heterocycles. The third kappa shape index (κ3) is 2.66. The topological polar surface area (TPSA) is 23.1 Å². The van der Waals surface area contributed by atoms with Gasteiger partial charge in [-0.05, 0) is 30.6 Å². The largest absolute Gasteiger partial charge is 0.833 e. The van der Waals surface area contributed by atoms with Crippen LogP contribution in [0, 0.1) is 35.7 Å². The standard InChI is InChI=1S/C12H20O/c1-9(2)12-5-4-10(3)8-11(12)6-7-13/h9-13H,4-5,8H2,1-3H3/p-1/t10-,11-,12+/m0/s1. The molecular formula is C12H19O-. The molecule has 0 aromatic carbocycles. The molecule has 0 amide bonds. The molecule has 13 heavy (non-hydrogen) atoms. The van der Waals surface area contributed by atoms with Crippen molar-refractivity contribution < 1.29 is 5.11 Å². The maximum atomic E-state index is 10.3. The van der Waals surface area contributed by atoms with Gasteiger partial charge < -0.3 is 5.11 Å². The van der Waals surface area contributed by atoms with E-state index in [2.05, 4.69) is 26.7 Å². The summed E-state index contributed by atoms with van der Waals surface area (Å²) in [6, 6.07) is 0. The number of rotatable bonds is 1. The first-order chi connectivity index (χ1) is 6.15. The van der Waals surface area contributed by atoms with Gasteiger partial charge in [0, 0.05) is 5.92 Å². The van der Waals surface area contributed by atoms with E-state index >= 15 is 0 Å². The molecule has 0 unspecified atom stereocenters. The van der Waals surface area contributed by atoms with Crippen LogP contribution in [0.1, 0.15) is 40.0 Å². The summed E-state index contributed by atoms with van der Waals surface area (Å²) in [5.74, 6) is 5.27. The van der Waals surface area contributed by atoms with Crippen LogP contribution in [-0.4, -0.2) is 0 Å². The summed E-state index contributed by atoms with van der Waals surface area (Å²) in [4.78, 5) is 0. The maximum Gasteiger partial charge on any atom is 0.0229 e. The molecule has 0 N–H and O–H groups in total. The Labute approximate surface area is 81.5 Å². The monoisotopic (exact) mass is 179 g/mol. The van der Waals surface area contributed by atoms with Gasteiger partial charge in [-0.25, -0.2) is 0 Å². The highest BCUT2D eigenvalue weighted by Gasteiger charge is 2.28. The Bertz CT molecular complexity index is 209. The van der Waals surface area contributed by atoms with Gasteiger partial charge in [-0.2, -0.15) is 6.11 Å². The van der Waals surface area contributed by atoms with E-state index in [1.807, 2.05) is 6.11 Å². The van der Waals surface area contributed by atoms with E-state index in [4.69, 9.17) is 0 Å². The molecule has 0 bridgehead atoms. The van der Waals surface area contributed by atoms with Crippen molar-refractivity contribution in [2.45, 2.75) is 40.0 Å². The Morgan fingerprint density at radius 2 is 2.00 bits per heavy atom. The van der Waals surface area contributed by atoms with Gasteiger partial charge in [-0.15, -0.1) is 5.92 Å². The van der Waals surface area contributed by atoms with E-state index in [1.165, 1.54) is 12.8 Å². The number of hydrogen-bond acceptors (Lipinski definition) is 1. The lowest BCUT2D eigenvalue weighted by Gasteiger charge is -2.34. The van der Waals surface area contributed by atoms with E-state index < -0.39 is 0 Å². The summed E-state index contributed by atoms with van der Waals surface area (Å²) >= 11 is 0. The van der Waals surface area contributed by atoms with Crippen LogP contribution in [0.15, 0.2) is 0 Å². The first kappa shape index (κ1) is 10.4. The molecule has 1 aliphatic carbocycles. The summed E-state index contributed by atoms with van der Waals surface area (Å²) in [5.41, 5.74) is 0. The second kappa shape index (κ2) is 4.56. The smallest absolute Gasteiger partial charge is 0.0229 e. The highest BCUT2D eigenvalue weighted by molar-refractivity contribution is 5.02. The van der Waals surface area contributed by atoms with Crippen LogP contribution in [0.3, 0.4) is 0 Å². The van der Waals surface area contributed by atoms with Crippen molar-refractivity contribution in [3.63, 3.8) is 0 Å². The van der Waals surface area contributed by atoms with Crippen molar-refractivity contribution in [3.8, 4) is 12.0 Å². The van der Waals surface area contributed by atoms with Crippen LogP contribution >= 0.6 is 0 Å². The Morgan fingerprint density at radius 3 is 2.54 bits per heavy atom. The summed E-state index contributed by atoms with van der Waals surface area (Å²) in [6.45, 7) is 6.73. The van der Waals surface area contributed by atoms with Gasteiger partial charge in [0.2, 0.25) is 0 Å². The average molecular weight is 179 g/mol. The molecule has 1 saturated carbocycles. The fraction of sp³-hybridized carbons (Fsp3) is 0.833. The van der Waals surface area contributed by atoms with Crippen molar-refractivity contribution in [2.24, 2.45) is 23.7 Å². The Kier molecular flexibility index (Phi) is 3.66. The highest BCUT2D eigenvalue weighted by atomic mass is 16.2. The summed E-state index contributed by atoms with van der Waals surface area (Å²) in [6.07, 6.45) is 5.52. The molecule has 0 radical (unpaired) electrons. The third-order valence-electron chi connectivity index (χ3n) is 3.27. The normalized spacial score (nSPS) is 34.0. The minimum absolute atomic E-state index is 0.362. The minimum Gasteiger partial charge on any atom is -0.833 e. The van der Waals surface area contributed by atoms with E-state index in [1.54, 1.807) is 0 Å². The fourth-order valence-corrected chi connectivity index (χ4v) is 2.44. The lowest BCUT2D eigenvalue weighted by molar-refractivity contribution is -0.247. The molecule has 0 spiro atoms. The van der Waals surface area contributed by atoms with Crippen LogP contribution in [0.4, 0.5) is 0 Å². The first-order valence-electron chi connectivity index (χ1n) is 5.27. The van der Waals surface area contributed by atoms with Gasteiger partial charge >= 0.3 is 0 Å². The van der Waals surface area contributed by atoms with Crippen LogP contribution in [0.2, 0.25) is 0 Å². The zero-order chi connectivity index (χ0) is 9.84. The van der Waals surface area contributed by atoms with Crippen molar-refractivity contribution in [1.82, 2.24) is 0 Å². The maximum absolute atomic E-state index is 10.3. The molecule has 1 aliphatic rings. The Balaban J connectivity index is 2.64. The molecule has 74 valence electrons. The van der Waals surface area contributed by atoms with Gasteiger partial charge in [-0.3, -0.25) is 0 Å². The van der Waals surface area contributed by atoms with Gasteiger partial charge in [0.25, 0.3) is 0 Å². The zero-order valence-electron chi connectivity index (χ0n) is 8.84. The highest BCUT2D eigenvalue weighted by Crippen LogP contribution is 2.37. The summed E-state index contributed by atoms with van der Waals surface area (Å²) < 4.78 is 0. The molecule has 0 saturated heterocycles. The van der Waals surface area contributed by atoms with Crippen LogP contribution in [0.5, 0.6) is 0 Å². The molecule has 0 aromatic rings. The lowest BCUT2D eigenvalue weighted by Crippen LogP contribution is -2.26. The van der Waals surface area contributed by atoms with Crippen molar-refractivity contribution in [1.29, 1.82) is 0 Å². The van der Waals surface area contributed by atoms with E-state index in [9.17, 15) is 5.11 Å². The van der Waals surface area contributed by atoms with Crippen LogP contribution in [-0.2, 0) is 0 Å². The Hall–Kier alpha value is -0.640. The van der Waals surface area contributed by atoms with Crippen molar-refractivity contribution >= 4 is 0 Å². The molecule has 0 aliphatic heterocycles. The van der Waals surface area contributed by atoms with E-state index in [0.717, 1.165) is 12.3 Å². The quantitative estimate of drug-likeness (QED) is 0.565. The van der Waals surface area contributed by atoms with Crippen molar-refractivity contribution in [3.05, 3.63) is 0 Å². The van der Waals surface area contributed by atoms with Crippen LogP contribution in [0.25, 0.3) is 0 Å². The summed E-state index contributed by atoms with van der Waals surface area (Å²) in [7, 11) is 0. The SMILES string of the molecule is CC(C)[C@H]1CC[C@H](C)C[C@@H]1C#C[O-]. The minimum atomic E-state index is 0.362. The molecule has 1 rings (SSSR count). The first-order valence-corrected chi connectivity index (χ1v) is 5.27. The molecule has 1 heteroatoms. The second-order valence-corrected chi connectivity index (χ2v) is 4.68. The van der Waals surface area contributed by atoms with Gasteiger partial charge in [0.05, 0.1) is 0 Å². The average Bonchev–Trinajstić information content (AvgIpc) is 2.04. The molecule has 3 atom stereocenters. The second-order valence-electron chi connectivity index (χ2n) is 4.68. The predicted octanol–water partition coefficient (Wildman–Crippen LogP) is 2.02. The summed E-state index contributed by atoms with van der Waals surface area (Å²) in [5, 5.41) is 10.3. The Morgan fingerprint density at radius 1 is 1.31 bits per heavy atom. The van der Waals surface area contributed by atoms with Gasteiger partial charge in [-0.1, -0.05) is 27.2 Å². The van der Waals surface area contributed by atoms with Gasteiger partial charge in [0.15, 0.2) is 0 Å². The van der Waals surface area contributed by atoms with Gasteiger partial charge in [0.1, 0.15) is 0 Å². The predicted molar refractivity (Wildman–Crippen MR) is 52.6 cm³/mol. The third-order valence-corrected chi connectivity index (χ3v) is 3.27. The van der Waals surface area contributed by atoms with E-state index in [0.29, 0.717) is 17.8 Å². The molecule has 0 aromatic heterocycles. The lowest BCUT2D eigenvalue weighted by atomic mass is 9.70. The fourth-order valence-electron chi connectivity index (χ4n) is 2.44. The molecular weight excluding hydrogens is 160 g/mol. The van der Waals surface area contributed by atoms with Crippen molar-refractivity contribution in [2.75, 3.05) is 0 Å². The zero-order valence-corrected chi connectivity index (χ0v) is 8.84. The molecule has 1 fully saturated rings. The van der Waals surface area contributed by atoms with E-state index in [-0.39, 0.29) is 0 Å².